The van der Waals surface area contributed by atoms with E-state index in [2.05, 4.69) is 41.8 Å². The zero-order valence-electron chi connectivity index (χ0n) is 14.3. The molecule has 0 radical (unpaired) electrons. The molecule has 3 rings (SSSR count). The fourth-order valence-electron chi connectivity index (χ4n) is 2.92. The number of carbonyl (C=O) groups excluding carboxylic acids is 1. The van der Waals surface area contributed by atoms with Gasteiger partial charge in [-0.3, -0.25) is 4.79 Å². The molecule has 0 heterocycles. The summed E-state index contributed by atoms with van der Waals surface area (Å²) in [7, 11) is 0. The largest absolute Gasteiger partial charge is 0.325 e. The van der Waals surface area contributed by atoms with Gasteiger partial charge in [-0.15, -0.1) is 0 Å². The second-order valence-corrected chi connectivity index (χ2v) is 6.54. The van der Waals surface area contributed by atoms with Gasteiger partial charge in [0.1, 0.15) is 0 Å². The number of rotatable bonds is 5. The van der Waals surface area contributed by atoms with Gasteiger partial charge in [0.15, 0.2) is 0 Å². The molecule has 3 aromatic carbocycles. The maximum absolute atomic E-state index is 12.3. The molecule has 0 fully saturated rings. The average molecular weight is 353 g/mol. The summed E-state index contributed by atoms with van der Waals surface area (Å²) in [6, 6.07) is 20.1. The van der Waals surface area contributed by atoms with Crippen molar-refractivity contribution in [2.24, 2.45) is 0 Å². The van der Waals surface area contributed by atoms with Crippen LogP contribution in [-0.2, 0) is 4.79 Å². The molecular formula is C21H21ClN2O. The lowest BCUT2D eigenvalue weighted by Gasteiger charge is -2.17. The molecule has 3 aromatic rings. The predicted octanol–water partition coefficient (Wildman–Crippen LogP) is 5.09. The highest BCUT2D eigenvalue weighted by molar-refractivity contribution is 6.31. The summed E-state index contributed by atoms with van der Waals surface area (Å²) < 4.78 is 0. The molecular weight excluding hydrogens is 332 g/mol. The monoisotopic (exact) mass is 352 g/mol. The topological polar surface area (TPSA) is 41.1 Å². The van der Waals surface area contributed by atoms with E-state index in [4.69, 9.17) is 11.6 Å². The van der Waals surface area contributed by atoms with Gasteiger partial charge in [-0.2, -0.15) is 0 Å². The zero-order chi connectivity index (χ0) is 17.8. The molecule has 1 atom stereocenters. The highest BCUT2D eigenvalue weighted by Gasteiger charge is 2.11. The average Bonchev–Trinajstić information content (AvgIpc) is 2.63. The first-order chi connectivity index (χ1) is 12.1. The Morgan fingerprint density at radius 2 is 1.76 bits per heavy atom. The van der Waals surface area contributed by atoms with E-state index in [9.17, 15) is 4.79 Å². The molecule has 0 bridgehead atoms. The molecule has 0 spiro atoms. The summed E-state index contributed by atoms with van der Waals surface area (Å²) >= 11 is 6.09. The Hall–Kier alpha value is -2.36. The van der Waals surface area contributed by atoms with Crippen molar-refractivity contribution in [3.05, 3.63) is 76.8 Å². The Morgan fingerprint density at radius 3 is 2.60 bits per heavy atom. The molecule has 0 aliphatic heterocycles. The highest BCUT2D eigenvalue weighted by Crippen LogP contribution is 2.24. The number of anilines is 1. The third kappa shape index (κ3) is 4.01. The maximum atomic E-state index is 12.3. The molecule has 25 heavy (non-hydrogen) atoms. The molecule has 0 aliphatic rings. The van der Waals surface area contributed by atoms with Gasteiger partial charge in [0, 0.05) is 16.8 Å². The summed E-state index contributed by atoms with van der Waals surface area (Å²) in [5.41, 5.74) is 2.81. The maximum Gasteiger partial charge on any atom is 0.238 e. The van der Waals surface area contributed by atoms with E-state index in [1.165, 1.54) is 16.3 Å². The van der Waals surface area contributed by atoms with Crippen molar-refractivity contribution in [3.63, 3.8) is 0 Å². The van der Waals surface area contributed by atoms with Crippen LogP contribution < -0.4 is 10.6 Å². The lowest BCUT2D eigenvalue weighted by molar-refractivity contribution is -0.115. The van der Waals surface area contributed by atoms with Crippen LogP contribution in [0.15, 0.2) is 60.7 Å². The first kappa shape index (κ1) is 17.5. The molecule has 128 valence electrons. The van der Waals surface area contributed by atoms with Gasteiger partial charge in [-0.25, -0.2) is 0 Å². The molecule has 3 nitrogen and oxygen atoms in total. The van der Waals surface area contributed by atoms with Crippen LogP contribution in [0, 0.1) is 6.92 Å². The van der Waals surface area contributed by atoms with Gasteiger partial charge in [-0.05, 0) is 47.9 Å². The van der Waals surface area contributed by atoms with E-state index >= 15 is 0 Å². The van der Waals surface area contributed by atoms with Crippen molar-refractivity contribution >= 4 is 34.0 Å². The molecule has 0 saturated heterocycles. The molecule has 4 heteroatoms. The van der Waals surface area contributed by atoms with Crippen LogP contribution in [0.4, 0.5) is 5.69 Å². The summed E-state index contributed by atoms with van der Waals surface area (Å²) in [6.45, 7) is 4.19. The number of carbonyl (C=O) groups is 1. The quantitative estimate of drug-likeness (QED) is 0.671. The van der Waals surface area contributed by atoms with Crippen molar-refractivity contribution in [3.8, 4) is 0 Å². The molecule has 0 unspecified atom stereocenters. The molecule has 0 aromatic heterocycles. The van der Waals surface area contributed by atoms with E-state index in [-0.39, 0.29) is 18.5 Å². The minimum absolute atomic E-state index is 0.0670. The van der Waals surface area contributed by atoms with Crippen LogP contribution in [0.2, 0.25) is 5.02 Å². The number of nitrogens with one attached hydrogen (secondary N) is 2. The van der Waals surface area contributed by atoms with Crippen LogP contribution in [-0.4, -0.2) is 12.5 Å². The van der Waals surface area contributed by atoms with Crippen LogP contribution in [0.1, 0.15) is 24.1 Å². The summed E-state index contributed by atoms with van der Waals surface area (Å²) in [5, 5.41) is 9.26. The number of halogens is 1. The van der Waals surface area contributed by atoms with E-state index in [1.807, 2.05) is 43.3 Å². The normalized spacial score (nSPS) is 12.1. The lowest BCUT2D eigenvalue weighted by atomic mass is 10.00. The SMILES string of the molecule is Cc1c(Cl)cccc1NC(=O)CN[C@H](C)c1cccc2ccccc12. The van der Waals surface area contributed by atoms with Crippen molar-refractivity contribution in [2.75, 3.05) is 11.9 Å². The van der Waals surface area contributed by atoms with Gasteiger partial charge in [0.2, 0.25) is 5.91 Å². The Balaban J connectivity index is 1.66. The number of amides is 1. The van der Waals surface area contributed by atoms with Gasteiger partial charge < -0.3 is 10.6 Å². The van der Waals surface area contributed by atoms with E-state index < -0.39 is 0 Å². The van der Waals surface area contributed by atoms with Gasteiger partial charge >= 0.3 is 0 Å². The molecule has 1 amide bonds. The highest BCUT2D eigenvalue weighted by atomic mass is 35.5. The van der Waals surface area contributed by atoms with Crippen LogP contribution in [0.5, 0.6) is 0 Å². The minimum Gasteiger partial charge on any atom is -0.325 e. The Morgan fingerprint density at radius 1 is 1.04 bits per heavy atom. The lowest BCUT2D eigenvalue weighted by Crippen LogP contribution is -2.30. The van der Waals surface area contributed by atoms with Crippen molar-refractivity contribution in [1.29, 1.82) is 0 Å². The first-order valence-electron chi connectivity index (χ1n) is 8.32. The van der Waals surface area contributed by atoms with Gasteiger partial charge in [-0.1, -0.05) is 60.1 Å². The smallest absolute Gasteiger partial charge is 0.238 e. The van der Waals surface area contributed by atoms with E-state index in [0.717, 1.165) is 11.3 Å². The van der Waals surface area contributed by atoms with Crippen LogP contribution >= 0.6 is 11.6 Å². The number of benzene rings is 3. The fraction of sp³-hybridized carbons (Fsp3) is 0.190. The second-order valence-electron chi connectivity index (χ2n) is 6.13. The predicted molar refractivity (Wildman–Crippen MR) is 105 cm³/mol. The van der Waals surface area contributed by atoms with Crippen LogP contribution in [0.25, 0.3) is 10.8 Å². The third-order valence-corrected chi connectivity index (χ3v) is 4.81. The fourth-order valence-corrected chi connectivity index (χ4v) is 3.10. The van der Waals surface area contributed by atoms with Crippen molar-refractivity contribution < 1.29 is 4.79 Å². The van der Waals surface area contributed by atoms with Crippen molar-refractivity contribution in [2.45, 2.75) is 19.9 Å². The zero-order valence-corrected chi connectivity index (χ0v) is 15.1. The molecule has 0 aliphatic carbocycles. The minimum atomic E-state index is -0.0857. The first-order valence-corrected chi connectivity index (χ1v) is 8.70. The third-order valence-electron chi connectivity index (χ3n) is 4.40. The summed E-state index contributed by atoms with van der Waals surface area (Å²) in [6.07, 6.45) is 0. The Bertz CT molecular complexity index is 902. The molecule has 2 N–H and O–H groups in total. The summed E-state index contributed by atoms with van der Waals surface area (Å²) in [5.74, 6) is -0.0857. The Kier molecular flexibility index (Phi) is 5.37. The van der Waals surface area contributed by atoms with E-state index in [0.29, 0.717) is 5.02 Å². The van der Waals surface area contributed by atoms with Gasteiger partial charge in [0.05, 0.1) is 6.54 Å². The summed E-state index contributed by atoms with van der Waals surface area (Å²) in [4.78, 5) is 12.3. The Labute approximate surface area is 153 Å². The number of hydrogen-bond donors (Lipinski definition) is 2. The second kappa shape index (κ2) is 7.68. The number of hydrogen-bond acceptors (Lipinski definition) is 2. The molecule has 0 saturated carbocycles. The standard InChI is InChI=1S/C21H21ClN2O/c1-14-19(22)11-6-12-20(14)24-21(25)13-23-15(2)17-10-5-8-16-7-3-4-9-18(16)17/h3-12,15,23H,13H2,1-2H3,(H,24,25)/t15-/m1/s1. The van der Waals surface area contributed by atoms with Crippen LogP contribution in [0.3, 0.4) is 0 Å². The van der Waals surface area contributed by atoms with E-state index in [1.54, 1.807) is 0 Å². The number of fused-ring (bicyclic) bond motifs is 1. The van der Waals surface area contributed by atoms with Crippen molar-refractivity contribution in [1.82, 2.24) is 5.32 Å². The van der Waals surface area contributed by atoms with Gasteiger partial charge in [0.25, 0.3) is 0 Å².